The molecule has 17 heavy (non-hydrogen) atoms. The minimum absolute atomic E-state index is 0. The molecule has 0 aromatic heterocycles. The summed E-state index contributed by atoms with van der Waals surface area (Å²) in [5.74, 6) is 0.198. The van der Waals surface area contributed by atoms with Gasteiger partial charge in [0, 0.05) is 12.3 Å². The highest BCUT2D eigenvalue weighted by Crippen LogP contribution is 2.29. The molecule has 0 saturated heterocycles. The maximum Gasteiger partial charge on any atom is 0.410 e. The van der Waals surface area contributed by atoms with Gasteiger partial charge in [0.2, 0.25) is 0 Å². The second-order valence-electron chi connectivity index (χ2n) is 3.01. The van der Waals surface area contributed by atoms with Crippen molar-refractivity contribution in [3.05, 3.63) is 18.2 Å². The number of rotatable bonds is 3. The topological polar surface area (TPSA) is 95.7 Å². The lowest BCUT2D eigenvalue weighted by atomic mass is 10.3. The Hall–Kier alpha value is -1.47. The van der Waals surface area contributed by atoms with Crippen LogP contribution in [0.25, 0.3) is 0 Å². The second-order valence-corrected chi connectivity index (χ2v) is 5.02. The quantitative estimate of drug-likeness (QED) is 0.891. The van der Waals surface area contributed by atoms with Crippen molar-refractivity contribution in [2.24, 2.45) is 5.73 Å². The first-order valence-electron chi connectivity index (χ1n) is 4.20. The van der Waals surface area contributed by atoms with E-state index in [1.54, 1.807) is 0 Å². The Morgan fingerprint density at radius 2 is 1.88 bits per heavy atom. The van der Waals surface area contributed by atoms with Gasteiger partial charge in [0.1, 0.15) is 0 Å². The van der Waals surface area contributed by atoms with E-state index in [0.717, 1.165) is 6.26 Å². The third kappa shape index (κ3) is 4.12. The van der Waals surface area contributed by atoms with Crippen LogP contribution in [0.15, 0.2) is 23.1 Å². The van der Waals surface area contributed by atoms with Crippen LogP contribution >= 0.6 is 12.4 Å². The molecule has 6 nitrogen and oxygen atoms in total. The van der Waals surface area contributed by atoms with Gasteiger partial charge in [-0.1, -0.05) is 0 Å². The van der Waals surface area contributed by atoms with Gasteiger partial charge in [-0.15, -0.1) is 12.4 Å². The molecule has 0 spiro atoms. The Kier molecular flexibility index (Phi) is 5.24. The summed E-state index contributed by atoms with van der Waals surface area (Å²) in [7, 11) is -2.00. The fourth-order valence-electron chi connectivity index (χ4n) is 1.07. The van der Waals surface area contributed by atoms with Crippen LogP contribution in [0.2, 0.25) is 0 Å². The van der Waals surface area contributed by atoms with E-state index >= 15 is 0 Å². The van der Waals surface area contributed by atoms with Gasteiger partial charge in [-0.05, 0) is 12.1 Å². The predicted octanol–water partition coefficient (Wildman–Crippen LogP) is 0.978. The molecule has 0 aliphatic heterocycles. The molecule has 8 heteroatoms. The number of benzene rings is 1. The minimum atomic E-state index is -3.33. The first kappa shape index (κ1) is 15.5. The van der Waals surface area contributed by atoms with E-state index in [0.29, 0.717) is 0 Å². The van der Waals surface area contributed by atoms with Crippen LogP contribution in [-0.2, 0) is 9.84 Å². The lowest BCUT2D eigenvalue weighted by Crippen LogP contribution is -2.16. The molecule has 0 aliphatic rings. The number of ether oxygens (including phenoxy) is 2. The minimum Gasteiger partial charge on any atom is -0.493 e. The fourth-order valence-corrected chi connectivity index (χ4v) is 1.71. The highest BCUT2D eigenvalue weighted by Gasteiger charge is 2.13. The molecule has 1 amide bonds. The molecule has 0 heterocycles. The second kappa shape index (κ2) is 5.74. The summed E-state index contributed by atoms with van der Waals surface area (Å²) in [4.78, 5) is 10.6. The summed E-state index contributed by atoms with van der Waals surface area (Å²) in [5.41, 5.74) is 4.84. The van der Waals surface area contributed by atoms with Crippen molar-refractivity contribution in [1.29, 1.82) is 0 Å². The average molecular weight is 282 g/mol. The summed E-state index contributed by atoms with van der Waals surface area (Å²) in [6.07, 6.45) is 0.0709. The summed E-state index contributed by atoms with van der Waals surface area (Å²) in [6.45, 7) is 0. The number of carbonyl (C=O) groups excluding carboxylic acids is 1. The van der Waals surface area contributed by atoms with E-state index in [-0.39, 0.29) is 28.8 Å². The first-order valence-corrected chi connectivity index (χ1v) is 6.09. The van der Waals surface area contributed by atoms with E-state index in [1.165, 1.54) is 25.3 Å². The molecule has 0 aliphatic carbocycles. The molecule has 96 valence electrons. The smallest absolute Gasteiger partial charge is 0.410 e. The Morgan fingerprint density at radius 3 is 2.29 bits per heavy atom. The number of hydrogen-bond acceptors (Lipinski definition) is 5. The summed E-state index contributed by atoms with van der Waals surface area (Å²) in [6, 6.07) is 3.86. The number of nitrogens with two attached hydrogens (primary N) is 1. The van der Waals surface area contributed by atoms with Crippen LogP contribution < -0.4 is 15.2 Å². The van der Waals surface area contributed by atoms with Crippen LogP contribution in [0, 0.1) is 0 Å². The van der Waals surface area contributed by atoms with Crippen molar-refractivity contribution in [2.45, 2.75) is 4.90 Å². The third-order valence-corrected chi connectivity index (χ3v) is 2.88. The van der Waals surface area contributed by atoms with Crippen LogP contribution in [0.1, 0.15) is 0 Å². The number of primary amides is 1. The van der Waals surface area contributed by atoms with Crippen LogP contribution in [-0.4, -0.2) is 27.9 Å². The molecule has 1 aromatic carbocycles. The first-order chi connectivity index (χ1) is 7.34. The molecule has 0 fully saturated rings. The molecule has 0 bridgehead atoms. The predicted molar refractivity (Wildman–Crippen MR) is 63.6 cm³/mol. The highest BCUT2D eigenvalue weighted by atomic mass is 35.5. The van der Waals surface area contributed by atoms with E-state index in [2.05, 4.69) is 4.74 Å². The third-order valence-electron chi connectivity index (χ3n) is 1.77. The van der Waals surface area contributed by atoms with Gasteiger partial charge in [0.25, 0.3) is 0 Å². The molecule has 2 N–H and O–H groups in total. The van der Waals surface area contributed by atoms with E-state index in [4.69, 9.17) is 10.5 Å². The number of halogens is 1. The summed E-state index contributed by atoms with van der Waals surface area (Å²) >= 11 is 0. The van der Waals surface area contributed by atoms with Gasteiger partial charge >= 0.3 is 6.09 Å². The zero-order chi connectivity index (χ0) is 12.3. The number of sulfone groups is 1. The summed E-state index contributed by atoms with van der Waals surface area (Å²) < 4.78 is 32.0. The maximum atomic E-state index is 11.2. The van der Waals surface area contributed by atoms with Crippen LogP contribution in [0.3, 0.4) is 0 Å². The van der Waals surface area contributed by atoms with Crippen molar-refractivity contribution in [2.75, 3.05) is 13.4 Å². The molecule has 0 atom stereocenters. The van der Waals surface area contributed by atoms with Crippen LogP contribution in [0.4, 0.5) is 4.79 Å². The number of methoxy groups -OCH3 is 1. The van der Waals surface area contributed by atoms with Gasteiger partial charge in [0.15, 0.2) is 21.3 Å². The van der Waals surface area contributed by atoms with Gasteiger partial charge in [-0.25, -0.2) is 13.2 Å². The largest absolute Gasteiger partial charge is 0.493 e. The standard InChI is InChI=1S/C9H11NO5S.ClH/c1-14-8-5-6(16(2,12)13)3-4-7(8)15-9(10)11;/h3-5H,1-2H3,(H2,10,11);1H. The van der Waals surface area contributed by atoms with Gasteiger partial charge < -0.3 is 15.2 Å². The van der Waals surface area contributed by atoms with Crippen molar-refractivity contribution in [3.63, 3.8) is 0 Å². The molecule has 0 radical (unpaired) electrons. The highest BCUT2D eigenvalue weighted by molar-refractivity contribution is 7.90. The Labute approximate surface area is 105 Å². The van der Waals surface area contributed by atoms with Crippen molar-refractivity contribution in [1.82, 2.24) is 0 Å². The molecular formula is C9H12ClNO5S. The lowest BCUT2D eigenvalue weighted by molar-refractivity contribution is 0.208. The van der Waals surface area contributed by atoms with Gasteiger partial charge in [-0.2, -0.15) is 0 Å². The molecular weight excluding hydrogens is 270 g/mol. The molecule has 1 aromatic rings. The Balaban J connectivity index is 0.00000256. The Morgan fingerprint density at radius 1 is 1.29 bits per heavy atom. The SMILES string of the molecule is COc1cc(S(C)(=O)=O)ccc1OC(N)=O.Cl. The molecule has 0 saturated carbocycles. The zero-order valence-corrected chi connectivity index (χ0v) is 10.8. The van der Waals surface area contributed by atoms with E-state index in [1.807, 2.05) is 0 Å². The number of amides is 1. The fraction of sp³-hybridized carbons (Fsp3) is 0.222. The Bertz CT molecular complexity index is 514. The zero-order valence-electron chi connectivity index (χ0n) is 9.17. The average Bonchev–Trinajstić information content (AvgIpc) is 2.15. The normalized spacial score (nSPS) is 10.2. The van der Waals surface area contributed by atoms with Gasteiger partial charge in [-0.3, -0.25) is 0 Å². The van der Waals surface area contributed by atoms with Crippen molar-refractivity contribution < 1.29 is 22.7 Å². The van der Waals surface area contributed by atoms with E-state index < -0.39 is 15.9 Å². The monoisotopic (exact) mass is 281 g/mol. The van der Waals surface area contributed by atoms with Crippen LogP contribution in [0.5, 0.6) is 11.5 Å². The number of hydrogen-bond donors (Lipinski definition) is 1. The van der Waals surface area contributed by atoms with Crippen molar-refractivity contribution in [3.8, 4) is 11.5 Å². The lowest BCUT2D eigenvalue weighted by Gasteiger charge is -2.08. The van der Waals surface area contributed by atoms with E-state index in [9.17, 15) is 13.2 Å². The summed E-state index contributed by atoms with van der Waals surface area (Å²) in [5, 5.41) is 0. The number of carbonyl (C=O) groups is 1. The maximum absolute atomic E-state index is 11.2. The molecule has 1 rings (SSSR count). The van der Waals surface area contributed by atoms with Gasteiger partial charge in [0.05, 0.1) is 12.0 Å². The molecule has 0 unspecified atom stereocenters. The van der Waals surface area contributed by atoms with Crippen molar-refractivity contribution >= 4 is 28.3 Å².